The van der Waals surface area contributed by atoms with Crippen molar-refractivity contribution in [3.05, 3.63) is 77.0 Å². The predicted molar refractivity (Wildman–Crippen MR) is 106 cm³/mol. The topological polar surface area (TPSA) is 38.7 Å². The van der Waals surface area contributed by atoms with Gasteiger partial charge in [0.25, 0.3) is 0 Å². The fraction of sp³-hybridized carbons (Fsp3) is 0. The molecule has 4 rings (SSSR count). The molecule has 2 aromatic heterocycles. The molecular formula is C19H12AsCl2N3. The molecule has 0 aliphatic carbocycles. The van der Waals surface area contributed by atoms with Crippen molar-refractivity contribution >= 4 is 58.7 Å². The number of nitrogens with zero attached hydrogens (tertiary/aromatic N) is 3. The number of hydrogen-bond acceptors (Lipinski definition) is 3. The molecule has 0 bridgehead atoms. The molecule has 0 spiro atoms. The first-order valence-electron chi connectivity index (χ1n) is 7.60. The minimum absolute atomic E-state index is 0.553. The van der Waals surface area contributed by atoms with Crippen LogP contribution in [0.2, 0.25) is 10.0 Å². The summed E-state index contributed by atoms with van der Waals surface area (Å²) in [6.45, 7) is 0. The van der Waals surface area contributed by atoms with Gasteiger partial charge in [-0.2, -0.15) is 0 Å². The Morgan fingerprint density at radius 2 is 1.48 bits per heavy atom. The van der Waals surface area contributed by atoms with Gasteiger partial charge in [0.1, 0.15) is 0 Å². The van der Waals surface area contributed by atoms with Crippen molar-refractivity contribution in [2.24, 2.45) is 0 Å². The summed E-state index contributed by atoms with van der Waals surface area (Å²) in [6, 6.07) is 17.6. The van der Waals surface area contributed by atoms with Crippen molar-refractivity contribution in [1.82, 2.24) is 15.0 Å². The first-order chi connectivity index (χ1) is 12.2. The second-order valence-corrected chi connectivity index (χ2v) is 8.91. The van der Waals surface area contributed by atoms with E-state index in [2.05, 4.69) is 11.1 Å². The maximum atomic E-state index is 6.37. The average Bonchev–Trinajstić information content (AvgIpc) is 2.62. The number of benzene rings is 2. The number of pyridine rings is 1. The number of fused-ring (bicyclic) bond motifs is 1. The Bertz CT molecular complexity index is 1030. The molecule has 4 aromatic rings. The van der Waals surface area contributed by atoms with Crippen molar-refractivity contribution in [3.63, 3.8) is 0 Å². The Hall–Kier alpha value is -1.93. The van der Waals surface area contributed by atoms with Crippen LogP contribution in [0.15, 0.2) is 67.0 Å². The van der Waals surface area contributed by atoms with E-state index in [0.717, 1.165) is 15.4 Å². The number of halogens is 2. The van der Waals surface area contributed by atoms with E-state index in [9.17, 15) is 0 Å². The van der Waals surface area contributed by atoms with Gasteiger partial charge in [-0.05, 0) is 0 Å². The monoisotopic (exact) mass is 427 g/mol. The van der Waals surface area contributed by atoms with Gasteiger partial charge in [0.05, 0.1) is 0 Å². The molecule has 0 amide bonds. The van der Waals surface area contributed by atoms with Crippen LogP contribution >= 0.6 is 23.2 Å². The van der Waals surface area contributed by atoms with Crippen LogP contribution in [-0.4, -0.2) is 30.7 Å². The summed E-state index contributed by atoms with van der Waals surface area (Å²) in [4.78, 5) is 13.6. The molecule has 0 N–H and O–H groups in total. The molecule has 3 nitrogen and oxygen atoms in total. The Balaban J connectivity index is 1.93. The van der Waals surface area contributed by atoms with Crippen molar-refractivity contribution in [1.29, 1.82) is 0 Å². The van der Waals surface area contributed by atoms with Crippen LogP contribution in [0.1, 0.15) is 0 Å². The molecule has 0 aliphatic heterocycles. The normalized spacial score (nSPS) is 11.4. The Kier molecular flexibility index (Phi) is 4.71. The van der Waals surface area contributed by atoms with Crippen LogP contribution in [0, 0.1) is 0 Å². The number of para-hydroxylation sites is 1. The molecule has 25 heavy (non-hydrogen) atoms. The first kappa shape index (κ1) is 16.5. The van der Waals surface area contributed by atoms with Gasteiger partial charge in [-0.15, -0.1) is 0 Å². The van der Waals surface area contributed by atoms with Gasteiger partial charge in [0.15, 0.2) is 0 Å². The Labute approximate surface area is 161 Å². The van der Waals surface area contributed by atoms with E-state index in [1.54, 1.807) is 12.1 Å². The summed E-state index contributed by atoms with van der Waals surface area (Å²) in [7, 11) is 0. The summed E-state index contributed by atoms with van der Waals surface area (Å²) in [5, 5.41) is 2.18. The summed E-state index contributed by atoms with van der Waals surface area (Å²) in [5.41, 5.74) is 1.58. The molecule has 1 atom stereocenters. The summed E-state index contributed by atoms with van der Waals surface area (Å²) < 4.78 is 2.32. The zero-order valence-corrected chi connectivity index (χ0v) is 16.6. The summed E-state index contributed by atoms with van der Waals surface area (Å²) in [5.74, 6) is 0.571. The second-order valence-electron chi connectivity index (χ2n) is 5.37. The molecule has 0 saturated heterocycles. The summed E-state index contributed by atoms with van der Waals surface area (Å²) in [6.07, 6.45) is 3.63. The zero-order valence-electron chi connectivity index (χ0n) is 12.9. The molecule has 0 fully saturated rings. The van der Waals surface area contributed by atoms with Gasteiger partial charge < -0.3 is 0 Å². The second kappa shape index (κ2) is 7.13. The fourth-order valence-corrected chi connectivity index (χ4v) is 5.44. The number of aromatic nitrogens is 3. The molecular weight excluding hydrogens is 416 g/mol. The number of rotatable bonds is 3. The van der Waals surface area contributed by atoms with E-state index in [0.29, 0.717) is 21.4 Å². The molecule has 2 aromatic carbocycles. The SMILES string of the molecule is Clc1cccc(Cl)c1-c1nc([AsH]c2ccncc2)c2ccccc2n1. The van der Waals surface area contributed by atoms with E-state index < -0.39 is 15.8 Å². The van der Waals surface area contributed by atoms with Crippen molar-refractivity contribution < 1.29 is 0 Å². The third-order valence-corrected chi connectivity index (χ3v) is 6.96. The van der Waals surface area contributed by atoms with Crippen LogP contribution < -0.4 is 8.83 Å². The fourth-order valence-electron chi connectivity index (χ4n) is 2.57. The van der Waals surface area contributed by atoms with E-state index in [4.69, 9.17) is 33.2 Å². The van der Waals surface area contributed by atoms with Gasteiger partial charge >= 0.3 is 162 Å². The first-order valence-corrected chi connectivity index (χ1v) is 10.5. The van der Waals surface area contributed by atoms with Crippen LogP contribution in [-0.2, 0) is 0 Å². The van der Waals surface area contributed by atoms with Gasteiger partial charge in [-0.1, -0.05) is 0 Å². The minimum atomic E-state index is -0.638. The molecule has 1 unspecified atom stereocenters. The van der Waals surface area contributed by atoms with Gasteiger partial charge in [0.2, 0.25) is 0 Å². The molecule has 6 heteroatoms. The van der Waals surface area contributed by atoms with Crippen LogP contribution in [0.3, 0.4) is 0 Å². The Morgan fingerprint density at radius 3 is 2.24 bits per heavy atom. The summed E-state index contributed by atoms with van der Waals surface area (Å²) >= 11 is 12.1. The third kappa shape index (κ3) is 3.41. The van der Waals surface area contributed by atoms with Gasteiger partial charge in [-0.3, -0.25) is 0 Å². The zero-order chi connectivity index (χ0) is 17.2. The third-order valence-electron chi connectivity index (χ3n) is 3.73. The molecule has 0 radical (unpaired) electrons. The standard InChI is InChI=1S/C19H12AsCl2N3/c21-14-5-3-6-15(22)17(14)19-24-16-7-2-1-4-13(16)18(25-19)20-12-8-10-23-11-9-12/h1-11,20H. The van der Waals surface area contributed by atoms with Gasteiger partial charge in [0, 0.05) is 0 Å². The van der Waals surface area contributed by atoms with E-state index in [1.807, 2.05) is 48.8 Å². The number of hydrogen-bond donors (Lipinski definition) is 0. The molecule has 122 valence electrons. The average molecular weight is 428 g/mol. The van der Waals surface area contributed by atoms with Crippen molar-refractivity contribution in [2.75, 3.05) is 0 Å². The molecule has 2 heterocycles. The maximum absolute atomic E-state index is 6.37. The molecule has 0 aliphatic rings. The molecule has 0 saturated carbocycles. The van der Waals surface area contributed by atoms with Crippen LogP contribution in [0.25, 0.3) is 22.3 Å². The predicted octanol–water partition coefficient (Wildman–Crippen LogP) is 3.39. The Morgan fingerprint density at radius 1 is 0.760 bits per heavy atom. The van der Waals surface area contributed by atoms with Crippen molar-refractivity contribution in [3.8, 4) is 11.4 Å². The van der Waals surface area contributed by atoms with E-state index >= 15 is 0 Å². The van der Waals surface area contributed by atoms with E-state index in [1.165, 1.54) is 4.35 Å². The van der Waals surface area contributed by atoms with Crippen molar-refractivity contribution in [2.45, 2.75) is 0 Å². The quantitative estimate of drug-likeness (QED) is 0.470. The van der Waals surface area contributed by atoms with Crippen LogP contribution in [0.5, 0.6) is 0 Å². The van der Waals surface area contributed by atoms with Gasteiger partial charge in [-0.25, -0.2) is 0 Å². The van der Waals surface area contributed by atoms with E-state index in [-0.39, 0.29) is 0 Å². The van der Waals surface area contributed by atoms with Crippen LogP contribution in [0.4, 0.5) is 0 Å².